The van der Waals surface area contributed by atoms with Crippen LogP contribution in [0.25, 0.3) is 0 Å². The average Bonchev–Trinajstić information content (AvgIpc) is 2.42. The summed E-state index contributed by atoms with van der Waals surface area (Å²) in [6.07, 6.45) is 0. The molecule has 0 heterocycles. The van der Waals surface area contributed by atoms with Crippen molar-refractivity contribution in [3.63, 3.8) is 0 Å². The highest BCUT2D eigenvalue weighted by Gasteiger charge is 2.16. The third-order valence-electron chi connectivity index (χ3n) is 2.64. The van der Waals surface area contributed by atoms with Crippen molar-refractivity contribution < 1.29 is 18.3 Å². The van der Waals surface area contributed by atoms with Gasteiger partial charge in [0.25, 0.3) is 0 Å². The largest absolute Gasteiger partial charge is 0.490 e. The topological polar surface area (TPSA) is 46.1 Å². The molecule has 1 aromatic rings. The molecule has 0 aliphatic rings. The molecule has 1 N–H and O–H groups in total. The average molecular weight is 429 g/mol. The number of ether oxygens (including phenoxy) is 2. The maximum atomic E-state index is 12.6. The van der Waals surface area contributed by atoms with Crippen LogP contribution in [-0.2, 0) is 6.54 Å². The lowest BCUT2D eigenvalue weighted by Gasteiger charge is -2.19. The summed E-state index contributed by atoms with van der Waals surface area (Å²) >= 11 is 0. The van der Waals surface area contributed by atoms with Gasteiger partial charge in [-0.25, -0.2) is 0 Å². The molecule has 0 bridgehead atoms. The van der Waals surface area contributed by atoms with Crippen LogP contribution in [0.3, 0.4) is 0 Å². The number of hydrogen-bond donors (Lipinski definition) is 1. The molecule has 8 heteroatoms. The Morgan fingerprint density at radius 2 is 2.05 bits per heavy atom. The molecule has 0 unspecified atom stereocenters. The first-order valence-corrected chi connectivity index (χ1v) is 6.57. The Hall–Kier alpha value is -1.32. The van der Waals surface area contributed by atoms with Gasteiger partial charge in [0.1, 0.15) is 0 Å². The number of alkyl halides is 2. The minimum Gasteiger partial charge on any atom is -0.490 e. The van der Waals surface area contributed by atoms with E-state index in [1.54, 1.807) is 37.1 Å². The smallest absolute Gasteiger partial charge is 0.387 e. The van der Waals surface area contributed by atoms with Crippen LogP contribution in [0.1, 0.15) is 12.5 Å². The SMILES string of the molecule is CCOc1cccc(CNC(=NC)N(C)C)c1OC(F)F.I. The molecule has 0 amide bonds. The van der Waals surface area contributed by atoms with Crippen LogP contribution < -0.4 is 14.8 Å². The van der Waals surface area contributed by atoms with Crippen LogP contribution in [0.4, 0.5) is 8.78 Å². The number of para-hydroxylation sites is 1. The Bertz CT molecular complexity index is 485. The molecule has 0 aliphatic heterocycles. The zero-order chi connectivity index (χ0) is 15.8. The van der Waals surface area contributed by atoms with Crippen LogP contribution in [-0.4, -0.2) is 45.2 Å². The van der Waals surface area contributed by atoms with Gasteiger partial charge in [0, 0.05) is 33.3 Å². The number of aliphatic imine (C=N–C) groups is 1. The zero-order valence-electron chi connectivity index (χ0n) is 13.1. The van der Waals surface area contributed by atoms with Gasteiger partial charge in [0.05, 0.1) is 6.61 Å². The Kier molecular flexibility index (Phi) is 9.79. The highest BCUT2D eigenvalue weighted by molar-refractivity contribution is 14.0. The lowest BCUT2D eigenvalue weighted by atomic mass is 10.2. The summed E-state index contributed by atoms with van der Waals surface area (Å²) in [5.41, 5.74) is 0.573. The first kappa shape index (κ1) is 20.7. The predicted octanol–water partition coefficient (Wildman–Crippen LogP) is 2.94. The van der Waals surface area contributed by atoms with Crippen molar-refractivity contribution in [3.8, 4) is 11.5 Å². The molecule has 0 aromatic heterocycles. The Morgan fingerprint density at radius 3 is 2.55 bits per heavy atom. The summed E-state index contributed by atoms with van der Waals surface area (Å²) in [7, 11) is 5.32. The molecule has 126 valence electrons. The summed E-state index contributed by atoms with van der Waals surface area (Å²) in [6.45, 7) is -0.451. The van der Waals surface area contributed by atoms with Gasteiger partial charge in [0.15, 0.2) is 17.5 Å². The molecule has 0 spiro atoms. The van der Waals surface area contributed by atoms with Crippen LogP contribution >= 0.6 is 24.0 Å². The monoisotopic (exact) mass is 429 g/mol. The van der Waals surface area contributed by atoms with Gasteiger partial charge in [-0.15, -0.1) is 24.0 Å². The first-order chi connectivity index (χ1) is 9.99. The minimum atomic E-state index is -2.90. The number of nitrogens with one attached hydrogen (secondary N) is 1. The van der Waals surface area contributed by atoms with E-state index in [0.29, 0.717) is 30.4 Å². The zero-order valence-corrected chi connectivity index (χ0v) is 15.4. The number of nitrogens with zero attached hydrogens (tertiary/aromatic N) is 2. The maximum Gasteiger partial charge on any atom is 0.387 e. The predicted molar refractivity (Wildman–Crippen MR) is 93.5 cm³/mol. The molecule has 22 heavy (non-hydrogen) atoms. The second-order valence-electron chi connectivity index (χ2n) is 4.35. The van der Waals surface area contributed by atoms with Crippen LogP contribution in [0, 0.1) is 0 Å². The Labute approximate surface area is 146 Å². The number of guanidine groups is 1. The fourth-order valence-corrected chi connectivity index (χ4v) is 1.80. The summed E-state index contributed by atoms with van der Waals surface area (Å²) in [6, 6.07) is 5.04. The van der Waals surface area contributed by atoms with E-state index in [1.165, 1.54) is 0 Å². The van der Waals surface area contributed by atoms with E-state index in [9.17, 15) is 8.78 Å². The van der Waals surface area contributed by atoms with Gasteiger partial charge in [0.2, 0.25) is 0 Å². The van der Waals surface area contributed by atoms with E-state index < -0.39 is 6.61 Å². The molecule has 0 atom stereocenters. The molecule has 0 saturated heterocycles. The minimum absolute atomic E-state index is 0. The van der Waals surface area contributed by atoms with Crippen molar-refractivity contribution in [2.24, 2.45) is 4.99 Å². The fourth-order valence-electron chi connectivity index (χ4n) is 1.80. The van der Waals surface area contributed by atoms with E-state index >= 15 is 0 Å². The van der Waals surface area contributed by atoms with Gasteiger partial charge in [-0.1, -0.05) is 12.1 Å². The third kappa shape index (κ3) is 6.20. The standard InChI is InChI=1S/C14H21F2N3O2.HI/c1-5-20-11-8-6-7-10(12(11)21-13(15)16)9-18-14(17-2)19(3)4;/h6-8,13H,5,9H2,1-4H3,(H,17,18);1H. The van der Waals surface area contributed by atoms with Crippen molar-refractivity contribution in [2.75, 3.05) is 27.7 Å². The van der Waals surface area contributed by atoms with Crippen LogP contribution in [0.2, 0.25) is 0 Å². The second-order valence-corrected chi connectivity index (χ2v) is 4.35. The lowest BCUT2D eigenvalue weighted by Crippen LogP contribution is -2.35. The number of halogens is 3. The van der Waals surface area contributed by atoms with Gasteiger partial charge in [-0.3, -0.25) is 4.99 Å². The van der Waals surface area contributed by atoms with Crippen molar-refractivity contribution in [1.29, 1.82) is 0 Å². The quantitative estimate of drug-likeness (QED) is 0.429. The Morgan fingerprint density at radius 1 is 1.36 bits per heavy atom. The fraction of sp³-hybridized carbons (Fsp3) is 0.500. The second kappa shape index (κ2) is 10.4. The van der Waals surface area contributed by atoms with Gasteiger partial charge in [-0.05, 0) is 13.0 Å². The lowest BCUT2D eigenvalue weighted by molar-refractivity contribution is -0.0520. The van der Waals surface area contributed by atoms with Crippen molar-refractivity contribution in [2.45, 2.75) is 20.1 Å². The van der Waals surface area contributed by atoms with E-state index in [4.69, 9.17) is 4.74 Å². The van der Waals surface area contributed by atoms with E-state index in [-0.39, 0.29) is 29.7 Å². The summed E-state index contributed by atoms with van der Waals surface area (Å²) in [4.78, 5) is 5.85. The van der Waals surface area contributed by atoms with E-state index in [1.807, 2.05) is 14.1 Å². The van der Waals surface area contributed by atoms with Gasteiger partial charge >= 0.3 is 6.61 Å². The highest BCUT2D eigenvalue weighted by Crippen LogP contribution is 2.32. The number of hydrogen-bond acceptors (Lipinski definition) is 3. The van der Waals surface area contributed by atoms with Crippen LogP contribution in [0.15, 0.2) is 23.2 Å². The Balaban J connectivity index is 0.00000441. The first-order valence-electron chi connectivity index (χ1n) is 6.57. The molecule has 0 saturated carbocycles. The number of benzene rings is 1. The normalized spacial score (nSPS) is 11.0. The van der Waals surface area contributed by atoms with Crippen LogP contribution in [0.5, 0.6) is 11.5 Å². The van der Waals surface area contributed by atoms with Gasteiger partial charge < -0.3 is 19.7 Å². The third-order valence-corrected chi connectivity index (χ3v) is 2.64. The molecule has 0 aliphatic carbocycles. The molecular weight excluding hydrogens is 407 g/mol. The summed E-state index contributed by atoms with van der Waals surface area (Å²) in [5.74, 6) is 0.993. The van der Waals surface area contributed by atoms with Crippen molar-refractivity contribution >= 4 is 29.9 Å². The molecular formula is C14H22F2IN3O2. The van der Waals surface area contributed by atoms with Gasteiger partial charge in [-0.2, -0.15) is 8.78 Å². The summed E-state index contributed by atoms with van der Waals surface area (Å²) < 4.78 is 35.1. The molecule has 5 nitrogen and oxygen atoms in total. The summed E-state index contributed by atoms with van der Waals surface area (Å²) in [5, 5.41) is 3.06. The van der Waals surface area contributed by atoms with E-state index in [2.05, 4.69) is 15.0 Å². The molecule has 1 aromatic carbocycles. The van der Waals surface area contributed by atoms with Crippen molar-refractivity contribution in [3.05, 3.63) is 23.8 Å². The van der Waals surface area contributed by atoms with E-state index in [0.717, 1.165) is 0 Å². The van der Waals surface area contributed by atoms with Crippen molar-refractivity contribution in [1.82, 2.24) is 10.2 Å². The maximum absolute atomic E-state index is 12.6. The molecule has 0 fully saturated rings. The molecule has 1 rings (SSSR count). The molecule has 0 radical (unpaired) electrons. The highest BCUT2D eigenvalue weighted by atomic mass is 127. The number of rotatable bonds is 6.